The summed E-state index contributed by atoms with van der Waals surface area (Å²) in [5.74, 6) is 0.00969. The molecule has 0 spiro atoms. The van der Waals surface area contributed by atoms with Gasteiger partial charge in [0, 0.05) is 6.42 Å². The zero-order valence-electron chi connectivity index (χ0n) is 11.3. The monoisotopic (exact) mass is 249 g/mol. The minimum atomic E-state index is -0.291. The second-order valence-electron chi connectivity index (χ2n) is 4.50. The Morgan fingerprint density at radius 2 is 1.94 bits per heavy atom. The number of aliphatic hydroxyl groups excluding tert-OH is 1. The molecule has 0 saturated carbocycles. The Morgan fingerprint density at radius 3 is 2.44 bits per heavy atom. The van der Waals surface area contributed by atoms with E-state index in [9.17, 15) is 9.90 Å². The van der Waals surface area contributed by atoms with E-state index in [1.54, 1.807) is 0 Å². The van der Waals surface area contributed by atoms with Crippen LogP contribution >= 0.6 is 0 Å². The first-order valence-electron chi connectivity index (χ1n) is 6.70. The van der Waals surface area contributed by atoms with E-state index >= 15 is 0 Å². The lowest BCUT2D eigenvalue weighted by atomic mass is 10.0. The van der Waals surface area contributed by atoms with Crippen molar-refractivity contribution >= 4 is 5.91 Å². The minimum Gasteiger partial charge on any atom is -0.394 e. The van der Waals surface area contributed by atoms with Crippen LogP contribution in [0.2, 0.25) is 0 Å². The van der Waals surface area contributed by atoms with E-state index < -0.39 is 0 Å². The Morgan fingerprint density at radius 1 is 1.28 bits per heavy atom. The van der Waals surface area contributed by atoms with Gasteiger partial charge in [-0.15, -0.1) is 0 Å². The molecule has 0 aromatic heterocycles. The number of carbonyl (C=O) groups is 1. The predicted molar refractivity (Wildman–Crippen MR) is 73.3 cm³/mol. The maximum Gasteiger partial charge on any atom is 0.220 e. The summed E-state index contributed by atoms with van der Waals surface area (Å²) in [4.78, 5) is 11.6. The summed E-state index contributed by atoms with van der Waals surface area (Å²) in [5.41, 5.74) is 2.22. The van der Waals surface area contributed by atoms with Crippen molar-refractivity contribution in [3.05, 3.63) is 35.4 Å². The lowest BCUT2D eigenvalue weighted by Crippen LogP contribution is -2.30. The Bertz CT molecular complexity index is 359. The normalized spacial score (nSPS) is 12.2. The number of nitrogens with one attached hydrogen (secondary N) is 1. The van der Waals surface area contributed by atoms with Crippen molar-refractivity contribution in [1.82, 2.24) is 5.32 Å². The number of aryl methyl sites for hydroxylation is 1. The fourth-order valence-electron chi connectivity index (χ4n) is 1.82. The molecule has 1 rings (SSSR count). The number of amides is 1. The van der Waals surface area contributed by atoms with Gasteiger partial charge in [0.1, 0.15) is 0 Å². The van der Waals surface area contributed by atoms with Gasteiger partial charge in [-0.25, -0.2) is 0 Å². The van der Waals surface area contributed by atoms with Gasteiger partial charge in [-0.05, 0) is 24.0 Å². The highest BCUT2D eigenvalue weighted by atomic mass is 16.3. The molecule has 1 amide bonds. The van der Waals surface area contributed by atoms with Crippen molar-refractivity contribution in [1.29, 1.82) is 0 Å². The van der Waals surface area contributed by atoms with Crippen LogP contribution < -0.4 is 5.32 Å². The quantitative estimate of drug-likeness (QED) is 0.780. The predicted octanol–water partition coefficient (Wildman–Crippen LogP) is 2.59. The third-order valence-electron chi connectivity index (χ3n) is 3.07. The highest BCUT2D eigenvalue weighted by molar-refractivity contribution is 5.76. The van der Waals surface area contributed by atoms with Gasteiger partial charge in [-0.3, -0.25) is 4.79 Å². The van der Waals surface area contributed by atoms with E-state index in [4.69, 9.17) is 0 Å². The van der Waals surface area contributed by atoms with Crippen LogP contribution in [0.15, 0.2) is 24.3 Å². The zero-order valence-corrected chi connectivity index (χ0v) is 11.3. The second kappa shape index (κ2) is 7.88. The molecule has 0 aliphatic carbocycles. The standard InChI is InChI=1S/C15H23NO2/c1-3-5-6-15(18)16-14(11-17)13-9-7-12(4-2)8-10-13/h7-10,14,17H,3-6,11H2,1-2H3,(H,16,18). The third-order valence-corrected chi connectivity index (χ3v) is 3.07. The largest absolute Gasteiger partial charge is 0.394 e. The molecule has 1 aromatic rings. The van der Waals surface area contributed by atoms with Crippen molar-refractivity contribution in [2.24, 2.45) is 0 Å². The molecule has 3 nitrogen and oxygen atoms in total. The van der Waals surface area contributed by atoms with Crippen LogP contribution in [0.5, 0.6) is 0 Å². The fraction of sp³-hybridized carbons (Fsp3) is 0.533. The SMILES string of the molecule is CCCCC(=O)NC(CO)c1ccc(CC)cc1. The molecule has 0 radical (unpaired) electrons. The van der Waals surface area contributed by atoms with Crippen LogP contribution in [0.3, 0.4) is 0 Å². The molecule has 100 valence electrons. The molecule has 2 N–H and O–H groups in total. The average molecular weight is 249 g/mol. The first-order valence-corrected chi connectivity index (χ1v) is 6.70. The Kier molecular flexibility index (Phi) is 6.44. The fourth-order valence-corrected chi connectivity index (χ4v) is 1.82. The Hall–Kier alpha value is -1.35. The summed E-state index contributed by atoms with van der Waals surface area (Å²) in [7, 11) is 0. The maximum atomic E-state index is 11.6. The van der Waals surface area contributed by atoms with Gasteiger partial charge in [-0.2, -0.15) is 0 Å². The van der Waals surface area contributed by atoms with Gasteiger partial charge in [0.15, 0.2) is 0 Å². The molecule has 0 bridgehead atoms. The highest BCUT2D eigenvalue weighted by Crippen LogP contribution is 2.14. The number of unbranched alkanes of at least 4 members (excludes halogenated alkanes) is 1. The first-order chi connectivity index (χ1) is 8.71. The van der Waals surface area contributed by atoms with E-state index in [0.717, 1.165) is 24.8 Å². The molecule has 18 heavy (non-hydrogen) atoms. The summed E-state index contributed by atoms with van der Waals surface area (Å²) in [5, 5.41) is 12.2. The van der Waals surface area contributed by atoms with Gasteiger partial charge in [-0.1, -0.05) is 44.5 Å². The number of rotatable bonds is 7. The van der Waals surface area contributed by atoms with Crippen LogP contribution in [-0.4, -0.2) is 17.6 Å². The second-order valence-corrected chi connectivity index (χ2v) is 4.50. The molecule has 1 unspecified atom stereocenters. The summed E-state index contributed by atoms with van der Waals surface area (Å²) in [6, 6.07) is 7.73. The van der Waals surface area contributed by atoms with Gasteiger partial charge in [0.25, 0.3) is 0 Å². The molecule has 0 aliphatic rings. The van der Waals surface area contributed by atoms with Crippen molar-refractivity contribution < 1.29 is 9.90 Å². The van der Waals surface area contributed by atoms with Crippen molar-refractivity contribution in [3.63, 3.8) is 0 Å². The first kappa shape index (κ1) is 14.7. The molecule has 3 heteroatoms. The summed E-state index contributed by atoms with van der Waals surface area (Å²) < 4.78 is 0. The van der Waals surface area contributed by atoms with Gasteiger partial charge in [0.2, 0.25) is 5.91 Å². The summed E-state index contributed by atoms with van der Waals surface area (Å²) >= 11 is 0. The van der Waals surface area contributed by atoms with Crippen LogP contribution in [0, 0.1) is 0 Å². The maximum absolute atomic E-state index is 11.6. The van der Waals surface area contributed by atoms with Crippen LogP contribution in [0.4, 0.5) is 0 Å². The van der Waals surface area contributed by atoms with Crippen molar-refractivity contribution in [2.45, 2.75) is 45.6 Å². The minimum absolute atomic E-state index is 0.00969. The number of hydrogen-bond donors (Lipinski definition) is 2. The Labute approximate surface area is 109 Å². The van der Waals surface area contributed by atoms with Gasteiger partial charge in [0.05, 0.1) is 12.6 Å². The van der Waals surface area contributed by atoms with Crippen molar-refractivity contribution in [3.8, 4) is 0 Å². The molecular weight excluding hydrogens is 226 g/mol. The molecule has 1 atom stereocenters. The zero-order chi connectivity index (χ0) is 13.4. The van der Waals surface area contributed by atoms with Crippen LogP contribution in [0.1, 0.15) is 50.3 Å². The van der Waals surface area contributed by atoms with Crippen LogP contribution in [0.25, 0.3) is 0 Å². The van der Waals surface area contributed by atoms with E-state index in [1.807, 2.05) is 24.3 Å². The number of hydrogen-bond acceptors (Lipinski definition) is 2. The average Bonchev–Trinajstić information content (AvgIpc) is 2.42. The molecule has 0 heterocycles. The number of carbonyl (C=O) groups excluding carboxylic acids is 1. The van der Waals surface area contributed by atoms with E-state index in [1.165, 1.54) is 5.56 Å². The van der Waals surface area contributed by atoms with Gasteiger partial charge < -0.3 is 10.4 Å². The van der Waals surface area contributed by atoms with Crippen molar-refractivity contribution in [2.75, 3.05) is 6.61 Å². The Balaban J connectivity index is 2.61. The number of aliphatic hydroxyl groups is 1. The lowest BCUT2D eigenvalue weighted by molar-refractivity contribution is -0.122. The summed E-state index contributed by atoms with van der Waals surface area (Å²) in [6.07, 6.45) is 3.41. The van der Waals surface area contributed by atoms with Crippen LogP contribution in [-0.2, 0) is 11.2 Å². The molecule has 0 aliphatic heterocycles. The molecular formula is C15H23NO2. The van der Waals surface area contributed by atoms with E-state index in [0.29, 0.717) is 6.42 Å². The van der Waals surface area contributed by atoms with Gasteiger partial charge >= 0.3 is 0 Å². The third kappa shape index (κ3) is 4.49. The smallest absolute Gasteiger partial charge is 0.220 e. The molecule has 1 aromatic carbocycles. The van der Waals surface area contributed by atoms with E-state index in [-0.39, 0.29) is 18.6 Å². The lowest BCUT2D eigenvalue weighted by Gasteiger charge is -2.17. The summed E-state index contributed by atoms with van der Waals surface area (Å²) in [6.45, 7) is 4.09. The number of benzene rings is 1. The molecule has 0 fully saturated rings. The highest BCUT2D eigenvalue weighted by Gasteiger charge is 2.12. The molecule has 0 saturated heterocycles. The van der Waals surface area contributed by atoms with E-state index in [2.05, 4.69) is 19.2 Å². The topological polar surface area (TPSA) is 49.3 Å².